The molecule has 0 aromatic carbocycles. The van der Waals surface area contributed by atoms with Crippen molar-refractivity contribution in [3.63, 3.8) is 0 Å². The van der Waals surface area contributed by atoms with Gasteiger partial charge in [0.25, 0.3) is 0 Å². The van der Waals surface area contributed by atoms with Crippen LogP contribution in [0.2, 0.25) is 0 Å². The van der Waals surface area contributed by atoms with E-state index in [9.17, 15) is 4.79 Å². The molecule has 1 saturated heterocycles. The molecular weight excluding hydrogens is 266 g/mol. The van der Waals surface area contributed by atoms with E-state index in [2.05, 4.69) is 21.1 Å². The third-order valence-corrected chi connectivity index (χ3v) is 3.08. The molecule has 82 valence electrons. The van der Waals surface area contributed by atoms with Crippen molar-refractivity contribution in [3.05, 3.63) is 15.9 Å². The summed E-state index contributed by atoms with van der Waals surface area (Å²) in [5, 5.41) is 12.6. The zero-order valence-corrected chi connectivity index (χ0v) is 9.49. The van der Waals surface area contributed by atoms with Gasteiger partial charge in [-0.15, -0.1) is 0 Å². The number of carboxylic acid groups (broad SMARTS) is 1. The molecule has 0 radical (unpaired) electrons. The highest BCUT2D eigenvalue weighted by molar-refractivity contribution is 9.10. The van der Waals surface area contributed by atoms with Gasteiger partial charge in [0.2, 0.25) is 5.76 Å². The molecule has 1 aromatic rings. The normalized spacial score (nSPS) is 17.9. The molecule has 0 unspecified atom stereocenters. The van der Waals surface area contributed by atoms with E-state index < -0.39 is 5.97 Å². The molecule has 1 aliphatic rings. The largest absolute Gasteiger partial charge is 0.475 e. The van der Waals surface area contributed by atoms with Gasteiger partial charge >= 0.3 is 5.97 Å². The lowest BCUT2D eigenvalue weighted by molar-refractivity contribution is 0.0639. The summed E-state index contributed by atoms with van der Waals surface area (Å²) in [6.07, 6.45) is 1.61. The van der Waals surface area contributed by atoms with Crippen molar-refractivity contribution in [2.75, 3.05) is 13.2 Å². The Kier molecular flexibility index (Phi) is 3.06. The van der Waals surface area contributed by atoms with Crippen LogP contribution in [-0.2, 0) is 4.74 Å². The summed E-state index contributed by atoms with van der Waals surface area (Å²) >= 11 is 3.21. The molecule has 0 saturated carbocycles. The zero-order chi connectivity index (χ0) is 10.8. The maximum atomic E-state index is 10.9. The molecule has 1 N–H and O–H groups in total. The Bertz CT molecular complexity index is 370. The van der Waals surface area contributed by atoms with Gasteiger partial charge in [-0.25, -0.2) is 4.79 Å². The number of halogens is 1. The fourth-order valence-electron chi connectivity index (χ4n) is 1.77. The summed E-state index contributed by atoms with van der Waals surface area (Å²) in [4.78, 5) is 10.9. The lowest BCUT2D eigenvalue weighted by atomic mass is 9.92. The predicted molar refractivity (Wildman–Crippen MR) is 54.0 cm³/mol. The summed E-state index contributed by atoms with van der Waals surface area (Å²) in [5.74, 6) is -0.978. The summed E-state index contributed by atoms with van der Waals surface area (Å²) in [5.41, 5.74) is 0.658. The molecule has 0 bridgehead atoms. The third kappa shape index (κ3) is 2.05. The number of carboxylic acids is 1. The second kappa shape index (κ2) is 4.32. The maximum absolute atomic E-state index is 10.9. The quantitative estimate of drug-likeness (QED) is 0.894. The minimum atomic E-state index is -1.07. The molecule has 1 fully saturated rings. The molecule has 2 rings (SSSR count). The van der Waals surface area contributed by atoms with Crippen LogP contribution in [0.3, 0.4) is 0 Å². The Morgan fingerprint density at radius 1 is 1.47 bits per heavy atom. The first-order valence-corrected chi connectivity index (χ1v) is 5.45. The van der Waals surface area contributed by atoms with Gasteiger partial charge in [-0.1, -0.05) is 5.16 Å². The van der Waals surface area contributed by atoms with Crippen LogP contribution in [0.15, 0.2) is 9.13 Å². The minimum absolute atomic E-state index is 0.0613. The van der Waals surface area contributed by atoms with Gasteiger partial charge in [-0.2, -0.15) is 0 Å². The van der Waals surface area contributed by atoms with Crippen molar-refractivity contribution in [1.29, 1.82) is 0 Å². The van der Waals surface area contributed by atoms with Crippen molar-refractivity contribution in [3.8, 4) is 0 Å². The van der Waals surface area contributed by atoms with Crippen LogP contribution in [0.5, 0.6) is 0 Å². The number of hydrogen-bond acceptors (Lipinski definition) is 4. The molecule has 0 spiro atoms. The molecule has 0 atom stereocenters. The Balaban J connectivity index is 2.32. The van der Waals surface area contributed by atoms with Gasteiger partial charge in [-0.05, 0) is 34.7 Å². The number of nitrogens with zero attached hydrogens (tertiary/aromatic N) is 1. The topological polar surface area (TPSA) is 72.6 Å². The first kappa shape index (κ1) is 10.6. The van der Waals surface area contributed by atoms with Gasteiger partial charge < -0.3 is 14.4 Å². The fourth-order valence-corrected chi connectivity index (χ4v) is 2.35. The fraction of sp³-hybridized carbons (Fsp3) is 0.556. The number of aromatic nitrogens is 1. The van der Waals surface area contributed by atoms with Crippen LogP contribution in [0.4, 0.5) is 0 Å². The third-order valence-electron chi connectivity index (χ3n) is 2.51. The summed E-state index contributed by atoms with van der Waals surface area (Å²) < 4.78 is 10.5. The molecule has 1 aliphatic heterocycles. The van der Waals surface area contributed by atoms with Crippen molar-refractivity contribution >= 4 is 21.9 Å². The van der Waals surface area contributed by atoms with E-state index >= 15 is 0 Å². The van der Waals surface area contributed by atoms with Gasteiger partial charge in [-0.3, -0.25) is 0 Å². The number of rotatable bonds is 2. The zero-order valence-electron chi connectivity index (χ0n) is 7.90. The molecule has 0 amide bonds. The molecule has 0 aliphatic carbocycles. The Hall–Kier alpha value is -0.880. The Morgan fingerprint density at radius 2 is 2.13 bits per heavy atom. The Labute approximate surface area is 94.5 Å². The molecule has 15 heavy (non-hydrogen) atoms. The number of carbonyl (C=O) groups is 1. The molecule has 5 nitrogen and oxygen atoms in total. The van der Waals surface area contributed by atoms with E-state index in [0.29, 0.717) is 23.4 Å². The van der Waals surface area contributed by atoms with Crippen molar-refractivity contribution < 1.29 is 19.2 Å². The second-order valence-electron chi connectivity index (χ2n) is 3.41. The van der Waals surface area contributed by atoms with E-state index in [-0.39, 0.29) is 11.7 Å². The van der Waals surface area contributed by atoms with Crippen LogP contribution in [-0.4, -0.2) is 29.4 Å². The highest BCUT2D eigenvalue weighted by Crippen LogP contribution is 2.34. The number of aromatic carboxylic acids is 1. The van der Waals surface area contributed by atoms with E-state index in [1.54, 1.807) is 0 Å². The molecule has 2 heterocycles. The number of hydrogen-bond donors (Lipinski definition) is 1. The molecule has 6 heteroatoms. The minimum Gasteiger partial charge on any atom is -0.475 e. The average molecular weight is 276 g/mol. The summed E-state index contributed by atoms with van der Waals surface area (Å²) in [6.45, 7) is 1.31. The average Bonchev–Trinajstić information content (AvgIpc) is 2.61. The van der Waals surface area contributed by atoms with E-state index in [1.165, 1.54) is 0 Å². The van der Waals surface area contributed by atoms with Crippen molar-refractivity contribution in [1.82, 2.24) is 5.16 Å². The van der Waals surface area contributed by atoms with E-state index in [0.717, 1.165) is 12.8 Å². The lowest BCUT2D eigenvalue weighted by Crippen LogP contribution is -2.16. The highest BCUT2D eigenvalue weighted by atomic mass is 79.9. The smallest absolute Gasteiger partial charge is 0.375 e. The number of ether oxygens (including phenoxy) is 1. The lowest BCUT2D eigenvalue weighted by Gasteiger charge is -2.21. The monoisotopic (exact) mass is 275 g/mol. The predicted octanol–water partition coefficient (Wildman–Crippen LogP) is 2.03. The van der Waals surface area contributed by atoms with Crippen molar-refractivity contribution in [2.24, 2.45) is 0 Å². The molecule has 1 aromatic heterocycles. The van der Waals surface area contributed by atoms with Gasteiger partial charge in [0.1, 0.15) is 0 Å². The van der Waals surface area contributed by atoms with Crippen LogP contribution >= 0.6 is 15.9 Å². The highest BCUT2D eigenvalue weighted by Gasteiger charge is 2.28. The SMILES string of the molecule is O=C(O)c1onc(Br)c1C1CCOCC1. The summed E-state index contributed by atoms with van der Waals surface area (Å²) in [6, 6.07) is 0. The van der Waals surface area contributed by atoms with Crippen LogP contribution in [0.1, 0.15) is 34.9 Å². The van der Waals surface area contributed by atoms with Crippen molar-refractivity contribution in [2.45, 2.75) is 18.8 Å². The van der Waals surface area contributed by atoms with Gasteiger partial charge in [0.15, 0.2) is 4.60 Å². The van der Waals surface area contributed by atoms with Crippen LogP contribution in [0.25, 0.3) is 0 Å². The van der Waals surface area contributed by atoms with Crippen LogP contribution in [0, 0.1) is 0 Å². The van der Waals surface area contributed by atoms with Gasteiger partial charge in [0.05, 0.1) is 0 Å². The first-order valence-electron chi connectivity index (χ1n) is 4.66. The first-order chi connectivity index (χ1) is 7.20. The Morgan fingerprint density at radius 3 is 2.73 bits per heavy atom. The standard InChI is InChI=1S/C9H10BrNO4/c10-8-6(5-1-3-14-4-2-5)7(9(12)13)15-11-8/h5H,1-4H2,(H,12,13). The second-order valence-corrected chi connectivity index (χ2v) is 4.16. The van der Waals surface area contributed by atoms with Gasteiger partial charge in [0, 0.05) is 18.8 Å². The maximum Gasteiger partial charge on any atom is 0.375 e. The van der Waals surface area contributed by atoms with Crippen LogP contribution < -0.4 is 0 Å². The summed E-state index contributed by atoms with van der Waals surface area (Å²) in [7, 11) is 0. The molecular formula is C9H10BrNO4. The van der Waals surface area contributed by atoms with E-state index in [4.69, 9.17) is 14.4 Å². The van der Waals surface area contributed by atoms with E-state index in [1.807, 2.05) is 0 Å².